The molecule has 1 aliphatic heterocycles. The Morgan fingerprint density at radius 3 is 2.54 bits per heavy atom. The summed E-state index contributed by atoms with van der Waals surface area (Å²) in [5.41, 5.74) is 3.91. The van der Waals surface area contributed by atoms with Crippen LogP contribution >= 0.6 is 11.6 Å². The maximum absolute atomic E-state index is 10.6. The van der Waals surface area contributed by atoms with E-state index in [1.165, 1.54) is 0 Å². The number of nitrogens with one attached hydrogen (secondary N) is 1. The lowest BCUT2D eigenvalue weighted by Gasteiger charge is -2.03. The molecule has 0 radical (unpaired) electrons. The number of hydrogen-bond acceptors (Lipinski definition) is 3. The molecular formula is C19H14ClN3O. The van der Waals surface area contributed by atoms with Gasteiger partial charge in [0.1, 0.15) is 11.5 Å². The Labute approximate surface area is 144 Å². The molecule has 0 atom stereocenters. The fourth-order valence-electron chi connectivity index (χ4n) is 2.76. The highest BCUT2D eigenvalue weighted by molar-refractivity contribution is 6.33. The number of halogens is 1. The summed E-state index contributed by atoms with van der Waals surface area (Å²) in [6.07, 6.45) is 1.70. The number of aromatic amines is 1. The number of aliphatic hydroxyl groups excluding tert-OH is 1. The minimum atomic E-state index is 0.168. The van der Waals surface area contributed by atoms with E-state index in [0.717, 1.165) is 22.4 Å². The minimum Gasteiger partial charge on any atom is -0.505 e. The smallest absolute Gasteiger partial charge is 0.159 e. The Bertz CT molecular complexity index is 958. The Kier molecular flexibility index (Phi) is 3.67. The second-order valence-corrected chi connectivity index (χ2v) is 5.89. The van der Waals surface area contributed by atoms with Gasteiger partial charge in [-0.05, 0) is 11.6 Å². The van der Waals surface area contributed by atoms with Crippen LogP contribution in [0.2, 0.25) is 5.02 Å². The highest BCUT2D eigenvalue weighted by Crippen LogP contribution is 2.29. The minimum absolute atomic E-state index is 0.168. The number of aliphatic hydroxyl groups is 1. The van der Waals surface area contributed by atoms with Gasteiger partial charge in [0, 0.05) is 16.2 Å². The molecule has 3 aromatic rings. The van der Waals surface area contributed by atoms with Crippen LogP contribution in [0.1, 0.15) is 11.4 Å². The molecule has 24 heavy (non-hydrogen) atoms. The van der Waals surface area contributed by atoms with Gasteiger partial charge in [-0.15, -0.1) is 0 Å². The highest BCUT2D eigenvalue weighted by atomic mass is 35.5. The number of H-pyrrole nitrogens is 1. The van der Waals surface area contributed by atoms with Crippen molar-refractivity contribution in [3.8, 4) is 11.3 Å². The van der Waals surface area contributed by atoms with Gasteiger partial charge >= 0.3 is 0 Å². The molecule has 0 bridgehead atoms. The number of aromatic nitrogens is 2. The summed E-state index contributed by atoms with van der Waals surface area (Å²) in [5.74, 6) is 0.703. The molecule has 0 saturated heterocycles. The Hall–Kier alpha value is -2.85. The van der Waals surface area contributed by atoms with Gasteiger partial charge in [0.15, 0.2) is 5.82 Å². The predicted molar refractivity (Wildman–Crippen MR) is 96.4 cm³/mol. The summed E-state index contributed by atoms with van der Waals surface area (Å²) in [4.78, 5) is 12.0. The van der Waals surface area contributed by atoms with E-state index >= 15 is 0 Å². The van der Waals surface area contributed by atoms with E-state index in [-0.39, 0.29) is 5.76 Å². The Morgan fingerprint density at radius 2 is 1.75 bits per heavy atom. The number of nitrogens with zero attached hydrogens (tertiary/aromatic N) is 2. The second kappa shape index (κ2) is 5.98. The second-order valence-electron chi connectivity index (χ2n) is 5.48. The molecule has 0 fully saturated rings. The fourth-order valence-corrected chi connectivity index (χ4v) is 3.00. The van der Waals surface area contributed by atoms with Gasteiger partial charge < -0.3 is 10.1 Å². The number of hydrogen-bond donors (Lipinski definition) is 2. The van der Waals surface area contributed by atoms with Crippen molar-refractivity contribution in [2.45, 2.75) is 0 Å². The van der Waals surface area contributed by atoms with Gasteiger partial charge in [-0.1, -0.05) is 60.1 Å². The third-order valence-corrected chi connectivity index (χ3v) is 4.32. The molecule has 1 aromatic heterocycles. The van der Waals surface area contributed by atoms with Gasteiger partial charge in [-0.2, -0.15) is 0 Å². The number of allylic oxidation sites excluding steroid dienone is 1. The SMILES string of the molecule is OC1=C(c2ccccc2)CN=C1c1ncc(-c2ccccc2Cl)[nH]1. The molecule has 2 N–H and O–H groups in total. The average molecular weight is 336 g/mol. The summed E-state index contributed by atoms with van der Waals surface area (Å²) < 4.78 is 0. The quantitative estimate of drug-likeness (QED) is 0.740. The number of aliphatic imine (C=N–C) groups is 1. The zero-order chi connectivity index (χ0) is 16.5. The molecule has 4 rings (SSSR count). The lowest BCUT2D eigenvalue weighted by Crippen LogP contribution is -2.04. The van der Waals surface area contributed by atoms with Crippen molar-refractivity contribution in [3.05, 3.63) is 83.0 Å². The topological polar surface area (TPSA) is 61.3 Å². The Balaban J connectivity index is 1.69. The Morgan fingerprint density at radius 1 is 1.00 bits per heavy atom. The first-order valence-corrected chi connectivity index (χ1v) is 7.94. The van der Waals surface area contributed by atoms with Crippen LogP contribution in [0.5, 0.6) is 0 Å². The van der Waals surface area contributed by atoms with Crippen LogP contribution in [-0.2, 0) is 0 Å². The summed E-state index contributed by atoms with van der Waals surface area (Å²) in [7, 11) is 0. The molecule has 0 amide bonds. The first-order valence-electron chi connectivity index (χ1n) is 7.56. The average Bonchev–Trinajstić information content (AvgIpc) is 3.23. The molecule has 0 saturated carbocycles. The van der Waals surface area contributed by atoms with E-state index in [1.54, 1.807) is 6.20 Å². The number of benzene rings is 2. The van der Waals surface area contributed by atoms with Crippen molar-refractivity contribution >= 4 is 22.9 Å². The van der Waals surface area contributed by atoms with Gasteiger partial charge in [-0.3, -0.25) is 4.99 Å². The molecular weight excluding hydrogens is 322 g/mol. The molecule has 0 spiro atoms. The van der Waals surface area contributed by atoms with E-state index in [1.807, 2.05) is 54.6 Å². The molecule has 0 aliphatic carbocycles. The van der Waals surface area contributed by atoms with Crippen LogP contribution in [0.25, 0.3) is 16.8 Å². The predicted octanol–water partition coefficient (Wildman–Crippen LogP) is 4.50. The van der Waals surface area contributed by atoms with E-state index in [4.69, 9.17) is 11.6 Å². The standard InChI is InChI=1S/C19H14ClN3O/c20-15-9-5-4-8-13(15)16-11-22-19(23-16)17-18(24)14(10-21-17)12-6-2-1-3-7-12/h1-9,11,24H,10H2,(H,22,23). The number of imidazole rings is 1. The third kappa shape index (κ3) is 2.51. The van der Waals surface area contributed by atoms with Crippen molar-refractivity contribution in [2.24, 2.45) is 4.99 Å². The molecule has 1 aliphatic rings. The zero-order valence-corrected chi connectivity index (χ0v) is 13.5. The van der Waals surface area contributed by atoms with E-state index < -0.39 is 0 Å². The monoisotopic (exact) mass is 335 g/mol. The van der Waals surface area contributed by atoms with E-state index in [2.05, 4.69) is 15.0 Å². The first kappa shape index (κ1) is 14.7. The van der Waals surface area contributed by atoms with Crippen molar-refractivity contribution in [1.82, 2.24) is 9.97 Å². The van der Waals surface area contributed by atoms with Crippen LogP contribution in [0.4, 0.5) is 0 Å². The molecule has 0 unspecified atom stereocenters. The van der Waals surface area contributed by atoms with Crippen LogP contribution in [0.15, 0.2) is 71.5 Å². The summed E-state index contributed by atoms with van der Waals surface area (Å²) in [6.45, 7) is 0.438. The summed E-state index contributed by atoms with van der Waals surface area (Å²) in [6, 6.07) is 17.3. The van der Waals surface area contributed by atoms with Gasteiger partial charge in [0.25, 0.3) is 0 Å². The largest absolute Gasteiger partial charge is 0.505 e. The van der Waals surface area contributed by atoms with Crippen LogP contribution in [0.3, 0.4) is 0 Å². The normalized spacial score (nSPS) is 14.1. The van der Waals surface area contributed by atoms with Crippen molar-refractivity contribution in [2.75, 3.05) is 6.54 Å². The third-order valence-electron chi connectivity index (χ3n) is 3.99. The maximum Gasteiger partial charge on any atom is 0.159 e. The zero-order valence-electron chi connectivity index (χ0n) is 12.7. The molecule has 2 aromatic carbocycles. The molecule has 5 heteroatoms. The molecule has 2 heterocycles. The van der Waals surface area contributed by atoms with Crippen LogP contribution < -0.4 is 0 Å². The van der Waals surface area contributed by atoms with Crippen LogP contribution in [0, 0.1) is 0 Å². The van der Waals surface area contributed by atoms with E-state index in [9.17, 15) is 5.11 Å². The van der Waals surface area contributed by atoms with Gasteiger partial charge in [0.2, 0.25) is 0 Å². The first-order chi connectivity index (χ1) is 11.7. The van der Waals surface area contributed by atoms with Crippen LogP contribution in [-0.4, -0.2) is 27.3 Å². The lowest BCUT2D eigenvalue weighted by atomic mass is 10.1. The fraction of sp³-hybridized carbons (Fsp3) is 0.0526. The van der Waals surface area contributed by atoms with E-state index in [0.29, 0.717) is 23.1 Å². The van der Waals surface area contributed by atoms with Crippen molar-refractivity contribution < 1.29 is 5.11 Å². The van der Waals surface area contributed by atoms with Crippen molar-refractivity contribution in [3.63, 3.8) is 0 Å². The maximum atomic E-state index is 10.6. The lowest BCUT2D eigenvalue weighted by molar-refractivity contribution is 0.447. The van der Waals surface area contributed by atoms with Gasteiger partial charge in [-0.25, -0.2) is 4.98 Å². The highest BCUT2D eigenvalue weighted by Gasteiger charge is 2.23. The summed E-state index contributed by atoms with van der Waals surface area (Å²) >= 11 is 6.22. The molecule has 118 valence electrons. The van der Waals surface area contributed by atoms with Crippen molar-refractivity contribution in [1.29, 1.82) is 0 Å². The number of rotatable bonds is 3. The summed E-state index contributed by atoms with van der Waals surface area (Å²) in [5, 5.41) is 11.2. The molecule has 4 nitrogen and oxygen atoms in total. The van der Waals surface area contributed by atoms with Gasteiger partial charge in [0.05, 0.1) is 18.4 Å².